The topological polar surface area (TPSA) is 50.4 Å². The molecular weight excluding hydrogens is 192 g/mol. The number of carbonyl (C=O) groups is 1. The number of nitrogens with one attached hydrogen (secondary N) is 2. The van der Waals surface area contributed by atoms with Crippen molar-refractivity contribution in [1.29, 1.82) is 0 Å². The van der Waals surface area contributed by atoms with E-state index in [-0.39, 0.29) is 18.5 Å². The third-order valence-electron chi connectivity index (χ3n) is 1.98. The molecular formula is C11H20N2O2. The zero-order valence-corrected chi connectivity index (χ0v) is 9.67. The number of hydrogen-bond acceptors (Lipinski definition) is 3. The average Bonchev–Trinajstić information content (AvgIpc) is 2.22. The lowest BCUT2D eigenvalue weighted by Crippen LogP contribution is -2.44. The molecule has 1 amide bonds. The van der Waals surface area contributed by atoms with Crippen LogP contribution in [0.2, 0.25) is 0 Å². The molecule has 0 aromatic heterocycles. The molecule has 0 spiro atoms. The van der Waals surface area contributed by atoms with Crippen LogP contribution >= 0.6 is 0 Å². The average molecular weight is 212 g/mol. The van der Waals surface area contributed by atoms with Crippen LogP contribution in [0.1, 0.15) is 13.8 Å². The van der Waals surface area contributed by atoms with Crippen molar-refractivity contribution >= 4 is 5.91 Å². The summed E-state index contributed by atoms with van der Waals surface area (Å²) in [6, 6.07) is -0.224. The van der Waals surface area contributed by atoms with Crippen LogP contribution in [-0.4, -0.2) is 38.8 Å². The summed E-state index contributed by atoms with van der Waals surface area (Å²) in [7, 11) is 1.67. The van der Waals surface area contributed by atoms with Gasteiger partial charge < -0.3 is 15.4 Å². The number of terminal acetylenes is 1. The van der Waals surface area contributed by atoms with Crippen LogP contribution in [0.25, 0.3) is 0 Å². The third kappa shape index (κ3) is 6.95. The summed E-state index contributed by atoms with van der Waals surface area (Å²) < 4.78 is 4.99. The maximum atomic E-state index is 11.4. The fourth-order valence-corrected chi connectivity index (χ4v) is 1.11. The summed E-state index contributed by atoms with van der Waals surface area (Å²) in [6.45, 7) is 5.58. The van der Waals surface area contributed by atoms with Crippen molar-refractivity contribution in [2.24, 2.45) is 5.92 Å². The smallest absolute Gasteiger partial charge is 0.237 e. The lowest BCUT2D eigenvalue weighted by Gasteiger charge is -2.16. The van der Waals surface area contributed by atoms with Gasteiger partial charge in [0.15, 0.2) is 0 Å². The van der Waals surface area contributed by atoms with E-state index in [0.717, 1.165) is 6.54 Å². The molecule has 2 unspecified atom stereocenters. The van der Waals surface area contributed by atoms with Crippen molar-refractivity contribution in [3.8, 4) is 12.3 Å². The second-order valence-electron chi connectivity index (χ2n) is 3.61. The Morgan fingerprint density at radius 3 is 2.73 bits per heavy atom. The number of rotatable bonds is 7. The lowest BCUT2D eigenvalue weighted by atomic mass is 10.2. The summed E-state index contributed by atoms with van der Waals surface area (Å²) >= 11 is 0. The quantitative estimate of drug-likeness (QED) is 0.584. The van der Waals surface area contributed by atoms with E-state index in [4.69, 9.17) is 11.2 Å². The Morgan fingerprint density at radius 1 is 1.53 bits per heavy atom. The minimum Gasteiger partial charge on any atom is -0.384 e. The molecule has 15 heavy (non-hydrogen) atoms. The highest BCUT2D eigenvalue weighted by Crippen LogP contribution is 1.93. The highest BCUT2D eigenvalue weighted by Gasteiger charge is 2.12. The third-order valence-corrected chi connectivity index (χ3v) is 1.98. The van der Waals surface area contributed by atoms with Gasteiger partial charge in [-0.05, 0) is 12.8 Å². The van der Waals surface area contributed by atoms with Gasteiger partial charge in [0.05, 0.1) is 12.6 Å². The Bertz CT molecular complexity index is 223. The Labute approximate surface area is 91.8 Å². The summed E-state index contributed by atoms with van der Waals surface area (Å²) in [6.07, 6.45) is 5.04. The Hall–Kier alpha value is -1.05. The van der Waals surface area contributed by atoms with Gasteiger partial charge in [-0.1, -0.05) is 12.8 Å². The molecule has 0 aromatic rings. The first-order valence-corrected chi connectivity index (χ1v) is 5.05. The second kappa shape index (κ2) is 8.27. The number of hydrogen-bond donors (Lipinski definition) is 2. The molecule has 0 saturated carbocycles. The molecule has 0 fully saturated rings. The molecule has 0 aliphatic rings. The van der Waals surface area contributed by atoms with Crippen molar-refractivity contribution in [2.45, 2.75) is 19.9 Å². The molecule has 0 rings (SSSR count). The summed E-state index contributed by atoms with van der Waals surface area (Å²) in [5, 5.41) is 5.73. The van der Waals surface area contributed by atoms with E-state index in [0.29, 0.717) is 12.5 Å². The maximum Gasteiger partial charge on any atom is 0.237 e. The fourth-order valence-electron chi connectivity index (χ4n) is 1.11. The highest BCUT2D eigenvalue weighted by atomic mass is 16.5. The number of amides is 1. The predicted octanol–water partition coefficient (Wildman–Crippen LogP) is -0.00360. The van der Waals surface area contributed by atoms with E-state index in [2.05, 4.69) is 23.5 Å². The summed E-state index contributed by atoms with van der Waals surface area (Å²) in [5.41, 5.74) is 0. The maximum absolute atomic E-state index is 11.4. The Balaban J connectivity index is 3.68. The molecule has 0 aliphatic carbocycles. The van der Waals surface area contributed by atoms with Gasteiger partial charge in [0.1, 0.15) is 0 Å². The van der Waals surface area contributed by atoms with Gasteiger partial charge in [0, 0.05) is 20.3 Å². The van der Waals surface area contributed by atoms with E-state index in [1.54, 1.807) is 7.11 Å². The van der Waals surface area contributed by atoms with E-state index < -0.39 is 0 Å². The van der Waals surface area contributed by atoms with E-state index in [1.807, 2.05) is 6.92 Å². The Kier molecular flexibility index (Phi) is 7.69. The van der Waals surface area contributed by atoms with Crippen LogP contribution < -0.4 is 10.6 Å². The molecule has 0 saturated heterocycles. The number of carbonyl (C=O) groups excluding carboxylic acids is 1. The minimum atomic E-state index is -0.224. The zero-order valence-electron chi connectivity index (χ0n) is 9.67. The van der Waals surface area contributed by atoms with Crippen LogP contribution in [0.3, 0.4) is 0 Å². The monoisotopic (exact) mass is 212 g/mol. The second-order valence-corrected chi connectivity index (χ2v) is 3.61. The summed E-state index contributed by atoms with van der Waals surface area (Å²) in [5.74, 6) is 2.67. The highest BCUT2D eigenvalue weighted by molar-refractivity contribution is 5.81. The van der Waals surface area contributed by atoms with Crippen LogP contribution in [-0.2, 0) is 9.53 Å². The molecule has 86 valence electrons. The van der Waals surface area contributed by atoms with Crippen LogP contribution in [0.5, 0.6) is 0 Å². The molecule has 0 radical (unpaired) electrons. The number of ether oxygens (including phenoxy) is 1. The molecule has 0 heterocycles. The SMILES string of the molecule is C#CCNC(=O)C(C)NCC(C)COC. The van der Waals surface area contributed by atoms with Crippen molar-refractivity contribution < 1.29 is 9.53 Å². The zero-order chi connectivity index (χ0) is 11.7. The predicted molar refractivity (Wildman–Crippen MR) is 60.3 cm³/mol. The molecule has 0 bridgehead atoms. The molecule has 4 heteroatoms. The van der Waals surface area contributed by atoms with Gasteiger partial charge in [0.2, 0.25) is 5.91 Å². The molecule has 2 N–H and O–H groups in total. The van der Waals surface area contributed by atoms with E-state index >= 15 is 0 Å². The van der Waals surface area contributed by atoms with Crippen molar-refractivity contribution in [3.63, 3.8) is 0 Å². The van der Waals surface area contributed by atoms with Gasteiger partial charge in [-0.25, -0.2) is 0 Å². The molecule has 4 nitrogen and oxygen atoms in total. The van der Waals surface area contributed by atoms with Gasteiger partial charge in [-0.15, -0.1) is 6.42 Å². The molecule has 0 aliphatic heterocycles. The first-order chi connectivity index (χ1) is 7.11. The van der Waals surface area contributed by atoms with E-state index in [1.165, 1.54) is 0 Å². The largest absolute Gasteiger partial charge is 0.384 e. The van der Waals surface area contributed by atoms with Gasteiger partial charge >= 0.3 is 0 Å². The normalized spacial score (nSPS) is 14.0. The first kappa shape index (κ1) is 13.9. The minimum absolute atomic E-state index is 0.0717. The fraction of sp³-hybridized carbons (Fsp3) is 0.727. The standard InChI is InChI=1S/C11H20N2O2/c1-5-6-12-11(14)10(3)13-7-9(2)8-15-4/h1,9-10,13H,6-8H2,2-4H3,(H,12,14). The van der Waals surface area contributed by atoms with Gasteiger partial charge in [-0.3, -0.25) is 4.79 Å². The lowest BCUT2D eigenvalue weighted by molar-refractivity contribution is -0.122. The number of methoxy groups -OCH3 is 1. The molecule has 0 aromatic carbocycles. The van der Waals surface area contributed by atoms with Gasteiger partial charge in [0.25, 0.3) is 0 Å². The van der Waals surface area contributed by atoms with Gasteiger partial charge in [-0.2, -0.15) is 0 Å². The van der Waals surface area contributed by atoms with Crippen molar-refractivity contribution in [1.82, 2.24) is 10.6 Å². The van der Waals surface area contributed by atoms with Crippen molar-refractivity contribution in [2.75, 3.05) is 26.8 Å². The van der Waals surface area contributed by atoms with Crippen molar-refractivity contribution in [3.05, 3.63) is 0 Å². The van der Waals surface area contributed by atoms with Crippen LogP contribution in [0.15, 0.2) is 0 Å². The molecule has 2 atom stereocenters. The van der Waals surface area contributed by atoms with Crippen LogP contribution in [0, 0.1) is 18.3 Å². The van der Waals surface area contributed by atoms with E-state index in [9.17, 15) is 4.79 Å². The Morgan fingerprint density at radius 2 is 2.20 bits per heavy atom. The summed E-state index contributed by atoms with van der Waals surface area (Å²) in [4.78, 5) is 11.4. The first-order valence-electron chi connectivity index (χ1n) is 5.05. The van der Waals surface area contributed by atoms with Crippen LogP contribution in [0.4, 0.5) is 0 Å².